The summed E-state index contributed by atoms with van der Waals surface area (Å²) in [6, 6.07) is 5.21. The Morgan fingerprint density at radius 2 is 2.12 bits per heavy atom. The summed E-state index contributed by atoms with van der Waals surface area (Å²) in [6.45, 7) is 1.03. The average molecular weight is 303 g/mol. The summed E-state index contributed by atoms with van der Waals surface area (Å²) in [6.07, 6.45) is 1.88. The summed E-state index contributed by atoms with van der Waals surface area (Å²) < 4.78 is 14.1. The van der Waals surface area contributed by atoms with E-state index in [1.807, 2.05) is 7.05 Å². The first kappa shape index (κ1) is 14.6. The highest BCUT2D eigenvalue weighted by molar-refractivity contribution is 9.10. The van der Waals surface area contributed by atoms with Gasteiger partial charge in [-0.2, -0.15) is 0 Å². The van der Waals surface area contributed by atoms with E-state index in [0.717, 1.165) is 29.4 Å². The monoisotopic (exact) mass is 302 g/mol. The van der Waals surface area contributed by atoms with E-state index in [1.165, 1.54) is 6.07 Å². The van der Waals surface area contributed by atoms with Crippen LogP contribution < -0.4 is 5.32 Å². The molecule has 0 aliphatic carbocycles. The topological polar surface area (TPSA) is 15.3 Å². The van der Waals surface area contributed by atoms with Gasteiger partial charge in [0.25, 0.3) is 0 Å². The maximum atomic E-state index is 13.2. The maximum absolute atomic E-state index is 13.2. The van der Waals surface area contributed by atoms with Crippen LogP contribution in [0.4, 0.5) is 4.39 Å². The van der Waals surface area contributed by atoms with Crippen LogP contribution in [0.2, 0.25) is 0 Å². The molecule has 1 atom stereocenters. The molecule has 1 N–H and O–H groups in total. The molecule has 1 aromatic carbocycles. The molecule has 0 aliphatic heterocycles. The lowest BCUT2D eigenvalue weighted by Gasteiger charge is -2.19. The van der Waals surface area contributed by atoms with E-state index in [4.69, 9.17) is 0 Å². The lowest BCUT2D eigenvalue weighted by molar-refractivity contribution is 0.364. The van der Waals surface area contributed by atoms with Gasteiger partial charge in [-0.25, -0.2) is 4.39 Å². The third-order valence-corrected chi connectivity index (χ3v) is 3.58. The predicted octanol–water partition coefficient (Wildman–Crippen LogP) is 2.67. The molecule has 0 bridgehead atoms. The summed E-state index contributed by atoms with van der Waals surface area (Å²) in [5, 5.41) is 3.28. The van der Waals surface area contributed by atoms with Crippen molar-refractivity contribution in [2.24, 2.45) is 0 Å². The molecule has 1 unspecified atom stereocenters. The maximum Gasteiger partial charge on any atom is 0.123 e. The summed E-state index contributed by atoms with van der Waals surface area (Å²) in [5.41, 5.74) is 1.02. The fourth-order valence-electron chi connectivity index (χ4n) is 1.73. The van der Waals surface area contributed by atoms with Gasteiger partial charge in [-0.3, -0.25) is 0 Å². The Hall–Kier alpha value is -0.450. The van der Waals surface area contributed by atoms with Gasteiger partial charge in [0, 0.05) is 10.5 Å². The van der Waals surface area contributed by atoms with Crippen LogP contribution >= 0.6 is 15.9 Å². The Bertz CT molecular complexity index is 355. The number of nitrogens with zero attached hydrogens (tertiary/aromatic N) is 1. The minimum atomic E-state index is -0.175. The van der Waals surface area contributed by atoms with E-state index in [1.54, 1.807) is 12.1 Å². The lowest BCUT2D eigenvalue weighted by Crippen LogP contribution is -2.31. The van der Waals surface area contributed by atoms with Gasteiger partial charge in [-0.15, -0.1) is 0 Å². The first-order valence-corrected chi connectivity index (χ1v) is 6.58. The Labute approximate surface area is 111 Å². The van der Waals surface area contributed by atoms with Gasteiger partial charge >= 0.3 is 0 Å². The number of likely N-dealkylation sites (N-methyl/N-ethyl adjacent to an activating group) is 1. The predicted molar refractivity (Wildman–Crippen MR) is 73.8 cm³/mol. The fraction of sp³-hybridized carbons (Fsp3) is 0.538. The molecule has 0 heterocycles. The van der Waals surface area contributed by atoms with Gasteiger partial charge in [0.05, 0.1) is 0 Å². The highest BCUT2D eigenvalue weighted by Crippen LogP contribution is 2.20. The van der Waals surface area contributed by atoms with E-state index in [-0.39, 0.29) is 5.82 Å². The van der Waals surface area contributed by atoms with Gasteiger partial charge in [0.2, 0.25) is 0 Å². The molecular formula is C13H20BrFN2. The van der Waals surface area contributed by atoms with Crippen molar-refractivity contribution in [2.75, 3.05) is 27.7 Å². The largest absolute Gasteiger partial charge is 0.317 e. The van der Waals surface area contributed by atoms with E-state index < -0.39 is 0 Å². The highest BCUT2D eigenvalue weighted by atomic mass is 79.9. The molecule has 96 valence electrons. The molecule has 0 saturated heterocycles. The molecule has 0 radical (unpaired) electrons. The van der Waals surface area contributed by atoms with Crippen molar-refractivity contribution in [3.63, 3.8) is 0 Å². The molecule has 0 amide bonds. The zero-order valence-corrected chi connectivity index (χ0v) is 12.2. The second-order valence-electron chi connectivity index (χ2n) is 4.52. The second kappa shape index (κ2) is 7.09. The van der Waals surface area contributed by atoms with Crippen LogP contribution in [-0.2, 0) is 6.42 Å². The lowest BCUT2D eigenvalue weighted by atomic mass is 10.0. The number of rotatable bonds is 6. The second-order valence-corrected chi connectivity index (χ2v) is 5.37. The van der Waals surface area contributed by atoms with Crippen molar-refractivity contribution in [1.82, 2.24) is 10.2 Å². The summed E-state index contributed by atoms with van der Waals surface area (Å²) in [4.78, 5) is 2.16. The Morgan fingerprint density at radius 3 is 2.71 bits per heavy atom. The Balaban J connectivity index is 2.63. The van der Waals surface area contributed by atoms with Crippen molar-refractivity contribution < 1.29 is 4.39 Å². The Kier molecular flexibility index (Phi) is 6.09. The van der Waals surface area contributed by atoms with Crippen molar-refractivity contribution in [2.45, 2.75) is 18.9 Å². The molecule has 2 nitrogen and oxygen atoms in total. The number of hydrogen-bond acceptors (Lipinski definition) is 2. The van der Waals surface area contributed by atoms with Crippen LogP contribution in [0.3, 0.4) is 0 Å². The van der Waals surface area contributed by atoms with E-state index in [0.29, 0.717) is 6.04 Å². The first-order chi connectivity index (χ1) is 8.02. The van der Waals surface area contributed by atoms with Crippen LogP contribution in [0, 0.1) is 5.82 Å². The Morgan fingerprint density at radius 1 is 1.41 bits per heavy atom. The van der Waals surface area contributed by atoms with Crippen LogP contribution in [0.25, 0.3) is 0 Å². The highest BCUT2D eigenvalue weighted by Gasteiger charge is 2.10. The third kappa shape index (κ3) is 5.15. The zero-order valence-electron chi connectivity index (χ0n) is 10.6. The molecule has 0 aliphatic rings. The molecule has 17 heavy (non-hydrogen) atoms. The van der Waals surface area contributed by atoms with Crippen LogP contribution in [0.15, 0.2) is 22.7 Å². The van der Waals surface area contributed by atoms with Gasteiger partial charge in [0.15, 0.2) is 0 Å². The molecule has 1 rings (SSSR count). The van der Waals surface area contributed by atoms with Gasteiger partial charge < -0.3 is 10.2 Å². The molecule has 1 aromatic rings. The van der Waals surface area contributed by atoms with Crippen LogP contribution in [-0.4, -0.2) is 38.6 Å². The number of benzene rings is 1. The zero-order chi connectivity index (χ0) is 12.8. The molecule has 0 spiro atoms. The summed E-state index contributed by atoms with van der Waals surface area (Å²) >= 11 is 3.46. The first-order valence-electron chi connectivity index (χ1n) is 5.79. The summed E-state index contributed by atoms with van der Waals surface area (Å²) in [5.74, 6) is -0.175. The number of nitrogens with one attached hydrogen (secondary N) is 1. The van der Waals surface area contributed by atoms with E-state index in [9.17, 15) is 4.39 Å². The quantitative estimate of drug-likeness (QED) is 0.869. The van der Waals surface area contributed by atoms with Gasteiger partial charge in [-0.1, -0.05) is 15.9 Å². The van der Waals surface area contributed by atoms with Gasteiger partial charge in [0.1, 0.15) is 5.82 Å². The van der Waals surface area contributed by atoms with Crippen molar-refractivity contribution in [3.05, 3.63) is 34.1 Å². The van der Waals surface area contributed by atoms with E-state index >= 15 is 0 Å². The van der Waals surface area contributed by atoms with Gasteiger partial charge in [-0.05, 0) is 64.3 Å². The standard InChI is InChI=1S/C13H20BrFN2/c1-16-12(6-7-17(2)3)9-10-8-11(15)4-5-13(10)14/h4-5,8,12,16H,6-7,9H2,1-3H3. The van der Waals surface area contributed by atoms with Crippen LogP contribution in [0.1, 0.15) is 12.0 Å². The molecular weight excluding hydrogens is 283 g/mol. The molecule has 0 fully saturated rings. The minimum Gasteiger partial charge on any atom is -0.317 e. The van der Waals surface area contributed by atoms with Crippen LogP contribution in [0.5, 0.6) is 0 Å². The molecule has 0 aromatic heterocycles. The number of halogens is 2. The van der Waals surface area contributed by atoms with Crippen molar-refractivity contribution in [3.8, 4) is 0 Å². The molecule has 4 heteroatoms. The van der Waals surface area contributed by atoms with E-state index in [2.05, 4.69) is 40.2 Å². The SMILES string of the molecule is CNC(CCN(C)C)Cc1cc(F)ccc1Br. The molecule has 0 saturated carbocycles. The average Bonchev–Trinajstić information content (AvgIpc) is 2.28. The number of hydrogen-bond donors (Lipinski definition) is 1. The van der Waals surface area contributed by atoms with Crippen molar-refractivity contribution >= 4 is 15.9 Å². The fourth-order valence-corrected chi connectivity index (χ4v) is 2.14. The minimum absolute atomic E-state index is 0.175. The smallest absolute Gasteiger partial charge is 0.123 e. The van der Waals surface area contributed by atoms with Crippen molar-refractivity contribution in [1.29, 1.82) is 0 Å². The third-order valence-electron chi connectivity index (χ3n) is 2.81. The summed E-state index contributed by atoms with van der Waals surface area (Å²) in [7, 11) is 6.07. The normalized spacial score (nSPS) is 13.1.